The lowest BCUT2D eigenvalue weighted by molar-refractivity contribution is 1.59. The van der Waals surface area contributed by atoms with E-state index >= 15 is 0 Å². The van der Waals surface area contributed by atoms with Crippen molar-refractivity contribution in [2.75, 3.05) is 11.5 Å². The highest BCUT2D eigenvalue weighted by Gasteiger charge is 2.08. The minimum Gasteiger partial charge on any atom is -0.118 e. The van der Waals surface area contributed by atoms with Gasteiger partial charge >= 0.3 is 0 Å². The van der Waals surface area contributed by atoms with Crippen LogP contribution in [0, 0.1) is 0 Å². The van der Waals surface area contributed by atoms with E-state index < -0.39 is 0 Å². The Hall–Kier alpha value is -0.0500. The van der Waals surface area contributed by atoms with Crippen LogP contribution in [-0.4, -0.2) is 11.5 Å². The summed E-state index contributed by atoms with van der Waals surface area (Å²) in [5.41, 5.74) is 1.13. The summed E-state index contributed by atoms with van der Waals surface area (Å²) < 4.78 is 1.38. The molecular formula is C10H9ClS2. The molecule has 1 saturated heterocycles. The van der Waals surface area contributed by atoms with Gasteiger partial charge < -0.3 is 0 Å². The molecular weight excluding hydrogens is 220 g/mol. The van der Waals surface area contributed by atoms with Gasteiger partial charge in [-0.05, 0) is 17.7 Å². The Balaban J connectivity index is 2.25. The van der Waals surface area contributed by atoms with E-state index in [0.717, 1.165) is 10.6 Å². The van der Waals surface area contributed by atoms with Gasteiger partial charge in [-0.15, -0.1) is 23.5 Å². The van der Waals surface area contributed by atoms with Crippen LogP contribution in [0.1, 0.15) is 5.56 Å². The first-order valence-corrected chi connectivity index (χ1v) is 6.43. The summed E-state index contributed by atoms with van der Waals surface area (Å²) in [5.74, 6) is 2.45. The zero-order valence-corrected chi connectivity index (χ0v) is 9.38. The molecule has 1 fully saturated rings. The van der Waals surface area contributed by atoms with Gasteiger partial charge in [0.2, 0.25) is 0 Å². The highest BCUT2D eigenvalue weighted by Crippen LogP contribution is 2.38. The van der Waals surface area contributed by atoms with Gasteiger partial charge in [-0.2, -0.15) is 0 Å². The Kier molecular flexibility index (Phi) is 3.25. The molecule has 0 unspecified atom stereocenters. The molecule has 68 valence electrons. The van der Waals surface area contributed by atoms with Gasteiger partial charge in [-0.25, -0.2) is 0 Å². The summed E-state index contributed by atoms with van der Waals surface area (Å²) in [7, 11) is 0. The van der Waals surface area contributed by atoms with E-state index in [4.69, 9.17) is 11.6 Å². The van der Waals surface area contributed by atoms with Crippen molar-refractivity contribution in [1.29, 1.82) is 0 Å². The second kappa shape index (κ2) is 4.45. The molecule has 0 aromatic heterocycles. The summed E-state index contributed by atoms with van der Waals surface area (Å²) >= 11 is 9.86. The SMILES string of the molecule is Clc1ccccc1C=C1SCCS1. The first-order valence-electron chi connectivity index (χ1n) is 4.08. The molecule has 2 rings (SSSR count). The van der Waals surface area contributed by atoms with Crippen LogP contribution >= 0.6 is 35.1 Å². The predicted molar refractivity (Wildman–Crippen MR) is 64.3 cm³/mol. The molecule has 0 spiro atoms. The van der Waals surface area contributed by atoms with Crippen molar-refractivity contribution in [3.8, 4) is 0 Å². The lowest BCUT2D eigenvalue weighted by atomic mass is 10.2. The molecule has 0 aliphatic carbocycles. The number of rotatable bonds is 1. The maximum atomic E-state index is 6.04. The Morgan fingerprint density at radius 1 is 1.15 bits per heavy atom. The number of hydrogen-bond donors (Lipinski definition) is 0. The zero-order chi connectivity index (χ0) is 9.10. The first kappa shape index (κ1) is 9.50. The molecule has 0 radical (unpaired) electrons. The molecule has 0 atom stereocenters. The average Bonchev–Trinajstić information content (AvgIpc) is 2.61. The standard InChI is InChI=1S/C10H9ClS2/c11-9-4-2-1-3-8(9)7-10-12-5-6-13-10/h1-4,7H,5-6H2. The average molecular weight is 229 g/mol. The van der Waals surface area contributed by atoms with Crippen molar-refractivity contribution in [2.45, 2.75) is 0 Å². The summed E-state index contributed by atoms with van der Waals surface area (Å²) in [6.45, 7) is 0. The van der Waals surface area contributed by atoms with Crippen molar-refractivity contribution >= 4 is 41.2 Å². The molecule has 3 heteroatoms. The van der Waals surface area contributed by atoms with Gasteiger partial charge in [0, 0.05) is 20.8 Å². The number of hydrogen-bond acceptors (Lipinski definition) is 2. The van der Waals surface area contributed by atoms with Crippen LogP contribution in [0.5, 0.6) is 0 Å². The van der Waals surface area contributed by atoms with E-state index in [1.54, 1.807) is 0 Å². The van der Waals surface area contributed by atoms with Gasteiger partial charge in [0.05, 0.1) is 0 Å². The topological polar surface area (TPSA) is 0 Å². The van der Waals surface area contributed by atoms with Crippen molar-refractivity contribution in [3.63, 3.8) is 0 Å². The molecule has 1 aromatic rings. The Bertz CT molecular complexity index is 325. The van der Waals surface area contributed by atoms with Gasteiger partial charge in [-0.1, -0.05) is 29.8 Å². The van der Waals surface area contributed by atoms with E-state index in [1.165, 1.54) is 15.7 Å². The summed E-state index contributed by atoms with van der Waals surface area (Å²) in [6, 6.07) is 7.95. The van der Waals surface area contributed by atoms with Gasteiger partial charge in [0.25, 0.3) is 0 Å². The fourth-order valence-corrected chi connectivity index (χ4v) is 3.64. The Labute approximate surface area is 91.7 Å². The number of thioether (sulfide) groups is 2. The molecule has 0 amide bonds. The maximum Gasteiger partial charge on any atom is 0.0478 e. The van der Waals surface area contributed by atoms with Crippen LogP contribution in [0.4, 0.5) is 0 Å². The summed E-state index contributed by atoms with van der Waals surface area (Å²) in [5, 5.41) is 0.836. The second-order valence-electron chi connectivity index (χ2n) is 2.68. The minimum absolute atomic E-state index is 0.836. The fourth-order valence-electron chi connectivity index (χ4n) is 1.13. The lowest BCUT2D eigenvalue weighted by Gasteiger charge is -1.98. The molecule has 1 aliphatic rings. The second-order valence-corrected chi connectivity index (χ2v) is 5.62. The molecule has 1 aromatic carbocycles. The van der Waals surface area contributed by atoms with Crippen LogP contribution in [0.15, 0.2) is 28.5 Å². The Morgan fingerprint density at radius 2 is 1.85 bits per heavy atom. The molecule has 1 aliphatic heterocycles. The van der Waals surface area contributed by atoms with Crippen molar-refractivity contribution in [1.82, 2.24) is 0 Å². The smallest absolute Gasteiger partial charge is 0.0478 e. The normalized spacial score (nSPS) is 16.2. The number of halogens is 1. The molecule has 1 heterocycles. The van der Waals surface area contributed by atoms with Crippen LogP contribution < -0.4 is 0 Å². The molecule has 0 nitrogen and oxygen atoms in total. The fraction of sp³-hybridized carbons (Fsp3) is 0.200. The largest absolute Gasteiger partial charge is 0.118 e. The van der Waals surface area contributed by atoms with Crippen molar-refractivity contribution in [2.24, 2.45) is 0 Å². The zero-order valence-electron chi connectivity index (χ0n) is 7.00. The number of benzene rings is 1. The third kappa shape index (κ3) is 2.46. The van der Waals surface area contributed by atoms with Crippen LogP contribution in [0.2, 0.25) is 5.02 Å². The van der Waals surface area contributed by atoms with Gasteiger partial charge in [-0.3, -0.25) is 0 Å². The maximum absolute atomic E-state index is 6.04. The van der Waals surface area contributed by atoms with E-state index in [1.807, 2.05) is 41.7 Å². The molecule has 13 heavy (non-hydrogen) atoms. The lowest BCUT2D eigenvalue weighted by Crippen LogP contribution is -1.73. The van der Waals surface area contributed by atoms with Crippen LogP contribution in [0.3, 0.4) is 0 Å². The highest BCUT2D eigenvalue weighted by atomic mass is 35.5. The quantitative estimate of drug-likeness (QED) is 0.709. The van der Waals surface area contributed by atoms with Crippen molar-refractivity contribution in [3.05, 3.63) is 39.1 Å². The summed E-state index contributed by atoms with van der Waals surface area (Å²) in [6.07, 6.45) is 2.17. The Morgan fingerprint density at radius 3 is 2.54 bits per heavy atom. The predicted octanol–water partition coefficient (Wildman–Crippen LogP) is 4.12. The molecule has 0 N–H and O–H groups in total. The third-order valence-corrected chi connectivity index (χ3v) is 4.68. The van der Waals surface area contributed by atoms with Gasteiger partial charge in [0.1, 0.15) is 0 Å². The first-order chi connectivity index (χ1) is 6.36. The van der Waals surface area contributed by atoms with Gasteiger partial charge in [0.15, 0.2) is 0 Å². The monoisotopic (exact) mass is 228 g/mol. The van der Waals surface area contributed by atoms with Crippen molar-refractivity contribution < 1.29 is 0 Å². The van der Waals surface area contributed by atoms with E-state index in [-0.39, 0.29) is 0 Å². The van der Waals surface area contributed by atoms with Crippen LogP contribution in [-0.2, 0) is 0 Å². The van der Waals surface area contributed by atoms with E-state index in [2.05, 4.69) is 12.1 Å². The third-order valence-electron chi connectivity index (χ3n) is 1.75. The minimum atomic E-state index is 0.836. The van der Waals surface area contributed by atoms with E-state index in [0.29, 0.717) is 0 Å². The van der Waals surface area contributed by atoms with Crippen LogP contribution in [0.25, 0.3) is 6.08 Å². The van der Waals surface area contributed by atoms with E-state index in [9.17, 15) is 0 Å². The highest BCUT2D eigenvalue weighted by molar-refractivity contribution is 8.25. The summed E-state index contributed by atoms with van der Waals surface area (Å²) in [4.78, 5) is 0. The molecule has 0 bridgehead atoms. The molecule has 0 saturated carbocycles.